The third-order valence-corrected chi connectivity index (χ3v) is 4.65. The van der Waals surface area contributed by atoms with Gasteiger partial charge in [-0.05, 0) is 12.5 Å². The van der Waals surface area contributed by atoms with E-state index < -0.39 is 0 Å². The molecular formula is C18H18N2S. The highest BCUT2D eigenvalue weighted by atomic mass is 32.1. The molecule has 1 aromatic heterocycles. The van der Waals surface area contributed by atoms with Crippen LogP contribution in [0.25, 0.3) is 11.3 Å². The molecule has 0 aliphatic carbocycles. The highest BCUT2D eigenvalue weighted by molar-refractivity contribution is 7.12. The summed E-state index contributed by atoms with van der Waals surface area (Å²) in [5.41, 5.74) is 9.55. The maximum atomic E-state index is 6.07. The predicted octanol–water partition coefficient (Wildman–Crippen LogP) is 4.21. The molecule has 0 fully saturated rings. The Hall–Kier alpha value is -1.97. The molecule has 1 atom stereocenters. The lowest BCUT2D eigenvalue weighted by Crippen LogP contribution is -2.13. The highest BCUT2D eigenvalue weighted by Crippen LogP contribution is 2.36. The largest absolute Gasteiger partial charge is 0.329 e. The van der Waals surface area contributed by atoms with Gasteiger partial charge < -0.3 is 5.73 Å². The summed E-state index contributed by atoms with van der Waals surface area (Å²) in [5.74, 6) is 0.201. The van der Waals surface area contributed by atoms with E-state index in [1.165, 1.54) is 10.4 Å². The Balaban J connectivity index is 2.10. The van der Waals surface area contributed by atoms with Gasteiger partial charge in [-0.25, -0.2) is 4.98 Å². The Kier molecular flexibility index (Phi) is 4.13. The van der Waals surface area contributed by atoms with E-state index in [-0.39, 0.29) is 5.92 Å². The molecule has 2 nitrogen and oxygen atoms in total. The molecule has 3 heteroatoms. The number of hydrogen-bond acceptors (Lipinski definition) is 3. The number of nitrogens with zero attached hydrogens (tertiary/aromatic N) is 1. The van der Waals surface area contributed by atoms with Gasteiger partial charge in [0.1, 0.15) is 0 Å². The summed E-state index contributed by atoms with van der Waals surface area (Å²) < 4.78 is 0. The van der Waals surface area contributed by atoms with Gasteiger partial charge in [-0.2, -0.15) is 0 Å². The molecule has 2 N–H and O–H groups in total. The molecule has 1 heterocycles. The van der Waals surface area contributed by atoms with Crippen molar-refractivity contribution in [3.63, 3.8) is 0 Å². The number of aromatic nitrogens is 1. The van der Waals surface area contributed by atoms with Crippen molar-refractivity contribution >= 4 is 11.3 Å². The van der Waals surface area contributed by atoms with Crippen molar-refractivity contribution < 1.29 is 0 Å². The van der Waals surface area contributed by atoms with Crippen molar-refractivity contribution in [2.45, 2.75) is 12.8 Å². The normalized spacial score (nSPS) is 12.3. The van der Waals surface area contributed by atoms with Crippen LogP contribution in [0.1, 0.15) is 21.4 Å². The fourth-order valence-electron chi connectivity index (χ4n) is 2.56. The van der Waals surface area contributed by atoms with Crippen LogP contribution < -0.4 is 5.73 Å². The summed E-state index contributed by atoms with van der Waals surface area (Å²) in [6.07, 6.45) is 0. The van der Waals surface area contributed by atoms with E-state index in [0.717, 1.165) is 16.3 Å². The topological polar surface area (TPSA) is 38.9 Å². The van der Waals surface area contributed by atoms with Gasteiger partial charge in [-0.3, -0.25) is 0 Å². The fraction of sp³-hybridized carbons (Fsp3) is 0.167. The quantitative estimate of drug-likeness (QED) is 0.783. The number of aryl methyl sites for hydroxylation is 1. The lowest BCUT2D eigenvalue weighted by Gasteiger charge is -2.15. The van der Waals surface area contributed by atoms with Gasteiger partial charge >= 0.3 is 0 Å². The van der Waals surface area contributed by atoms with Crippen molar-refractivity contribution in [1.29, 1.82) is 0 Å². The molecule has 0 spiro atoms. The molecule has 3 aromatic rings. The molecule has 3 rings (SSSR count). The minimum Gasteiger partial charge on any atom is -0.329 e. The first kappa shape index (κ1) is 14.0. The maximum absolute atomic E-state index is 6.07. The second-order valence-electron chi connectivity index (χ2n) is 5.01. The van der Waals surface area contributed by atoms with Crippen LogP contribution in [-0.2, 0) is 0 Å². The number of thiazole rings is 1. The number of hydrogen-bond donors (Lipinski definition) is 1. The van der Waals surface area contributed by atoms with Gasteiger partial charge in [-0.1, -0.05) is 60.7 Å². The van der Waals surface area contributed by atoms with Crippen LogP contribution in [0, 0.1) is 6.92 Å². The Morgan fingerprint density at radius 1 is 1.00 bits per heavy atom. The number of rotatable bonds is 4. The van der Waals surface area contributed by atoms with Gasteiger partial charge in [0.05, 0.1) is 10.7 Å². The van der Waals surface area contributed by atoms with Crippen molar-refractivity contribution in [2.75, 3.05) is 6.54 Å². The third-order valence-electron chi connectivity index (χ3n) is 3.56. The summed E-state index contributed by atoms with van der Waals surface area (Å²) >= 11 is 1.75. The van der Waals surface area contributed by atoms with Crippen LogP contribution in [0.3, 0.4) is 0 Å². The minimum absolute atomic E-state index is 0.201. The van der Waals surface area contributed by atoms with Crippen molar-refractivity contribution in [2.24, 2.45) is 5.73 Å². The van der Waals surface area contributed by atoms with Crippen molar-refractivity contribution in [3.05, 3.63) is 76.1 Å². The number of nitrogens with two attached hydrogens (primary N) is 1. The maximum Gasteiger partial charge on any atom is 0.0904 e. The second kappa shape index (κ2) is 6.20. The average molecular weight is 294 g/mol. The fourth-order valence-corrected chi connectivity index (χ4v) is 3.65. The SMILES string of the molecule is Cc1nc(-c2ccccc2)c(C(CN)c2ccccc2)s1. The third kappa shape index (κ3) is 2.89. The van der Waals surface area contributed by atoms with Gasteiger partial charge in [-0.15, -0.1) is 11.3 Å². The minimum atomic E-state index is 0.201. The zero-order valence-electron chi connectivity index (χ0n) is 12.0. The molecular weight excluding hydrogens is 276 g/mol. The van der Waals surface area contributed by atoms with Crippen LogP contribution >= 0.6 is 11.3 Å². The Morgan fingerprint density at radius 3 is 2.24 bits per heavy atom. The zero-order chi connectivity index (χ0) is 14.7. The molecule has 0 bridgehead atoms. The zero-order valence-corrected chi connectivity index (χ0v) is 12.8. The molecule has 21 heavy (non-hydrogen) atoms. The first-order chi connectivity index (χ1) is 10.3. The summed E-state index contributed by atoms with van der Waals surface area (Å²) in [6, 6.07) is 20.8. The molecule has 1 unspecified atom stereocenters. The van der Waals surface area contributed by atoms with Crippen LogP contribution in [0.15, 0.2) is 60.7 Å². The smallest absolute Gasteiger partial charge is 0.0904 e. The van der Waals surface area contributed by atoms with E-state index in [4.69, 9.17) is 10.7 Å². The monoisotopic (exact) mass is 294 g/mol. The van der Waals surface area contributed by atoms with E-state index in [1.807, 2.05) is 24.3 Å². The molecule has 0 saturated carbocycles. The summed E-state index contributed by atoms with van der Waals surface area (Å²) in [7, 11) is 0. The Morgan fingerprint density at radius 2 is 1.62 bits per heavy atom. The molecule has 0 radical (unpaired) electrons. The Labute approximate surface area is 129 Å². The van der Waals surface area contributed by atoms with E-state index in [2.05, 4.69) is 43.3 Å². The van der Waals surface area contributed by atoms with E-state index in [9.17, 15) is 0 Å². The molecule has 0 aliphatic heterocycles. The summed E-state index contributed by atoms with van der Waals surface area (Å²) in [6.45, 7) is 2.64. The van der Waals surface area contributed by atoms with Gasteiger partial charge in [0.2, 0.25) is 0 Å². The molecule has 0 saturated heterocycles. The number of benzene rings is 2. The summed E-state index contributed by atoms with van der Waals surface area (Å²) in [5, 5.41) is 1.08. The van der Waals surface area contributed by atoms with Crippen LogP contribution in [0.2, 0.25) is 0 Å². The molecule has 2 aromatic carbocycles. The van der Waals surface area contributed by atoms with E-state index in [1.54, 1.807) is 11.3 Å². The Bertz CT molecular complexity index is 705. The van der Waals surface area contributed by atoms with Gasteiger partial charge in [0, 0.05) is 22.9 Å². The van der Waals surface area contributed by atoms with E-state index in [0.29, 0.717) is 6.54 Å². The standard InChI is InChI=1S/C18H18N2S/c1-13-20-17(15-10-6-3-7-11-15)18(21-13)16(12-19)14-8-4-2-5-9-14/h2-11,16H,12,19H2,1H3. The van der Waals surface area contributed by atoms with Gasteiger partial charge in [0.15, 0.2) is 0 Å². The lowest BCUT2D eigenvalue weighted by molar-refractivity contribution is 0.834. The van der Waals surface area contributed by atoms with E-state index >= 15 is 0 Å². The van der Waals surface area contributed by atoms with Gasteiger partial charge in [0.25, 0.3) is 0 Å². The predicted molar refractivity (Wildman–Crippen MR) is 89.6 cm³/mol. The second-order valence-corrected chi connectivity index (χ2v) is 6.25. The van der Waals surface area contributed by atoms with Crippen LogP contribution in [-0.4, -0.2) is 11.5 Å². The van der Waals surface area contributed by atoms with Crippen molar-refractivity contribution in [3.8, 4) is 11.3 Å². The lowest BCUT2D eigenvalue weighted by atomic mass is 9.95. The molecule has 0 amide bonds. The van der Waals surface area contributed by atoms with Crippen LogP contribution in [0.5, 0.6) is 0 Å². The molecule has 0 aliphatic rings. The highest BCUT2D eigenvalue weighted by Gasteiger charge is 2.20. The summed E-state index contributed by atoms with van der Waals surface area (Å²) in [4.78, 5) is 6.00. The first-order valence-electron chi connectivity index (χ1n) is 7.07. The first-order valence-corrected chi connectivity index (χ1v) is 7.89. The average Bonchev–Trinajstić information content (AvgIpc) is 2.92. The van der Waals surface area contributed by atoms with Crippen LogP contribution in [0.4, 0.5) is 0 Å². The van der Waals surface area contributed by atoms with Crippen molar-refractivity contribution in [1.82, 2.24) is 4.98 Å². The molecule has 106 valence electrons.